The van der Waals surface area contributed by atoms with Crippen molar-refractivity contribution in [3.8, 4) is 11.1 Å². The molecule has 0 radical (unpaired) electrons. The van der Waals surface area contributed by atoms with E-state index in [4.69, 9.17) is 0 Å². The normalized spacial score (nSPS) is 13.7. The first-order chi connectivity index (χ1) is 26.4. The van der Waals surface area contributed by atoms with Crippen LogP contribution in [0.25, 0.3) is 11.1 Å². The molecule has 6 aromatic carbocycles. The zero-order chi connectivity index (χ0) is 40.0. The molecule has 0 aromatic heterocycles. The second-order valence-corrected chi connectivity index (χ2v) is 19.9. The summed E-state index contributed by atoms with van der Waals surface area (Å²) in [5.74, 6) is 0. The average molecular weight is 738 g/mol. The molecule has 1 nitrogen and oxygen atoms in total. The predicted molar refractivity (Wildman–Crippen MR) is 242 cm³/mol. The quantitative estimate of drug-likeness (QED) is 0.143. The second-order valence-electron chi connectivity index (χ2n) is 19.9. The van der Waals surface area contributed by atoms with Crippen LogP contribution in [-0.4, -0.2) is 0 Å². The molecule has 0 heterocycles. The first kappa shape index (κ1) is 39.4. The lowest BCUT2D eigenvalue weighted by Crippen LogP contribution is -2.17. The highest BCUT2D eigenvalue weighted by Gasteiger charge is 2.35. The minimum Gasteiger partial charge on any atom is -0.310 e. The maximum Gasteiger partial charge on any atom is 0.0465 e. The summed E-state index contributed by atoms with van der Waals surface area (Å²) in [6.45, 7) is 25.6. The van der Waals surface area contributed by atoms with Gasteiger partial charge in [-0.2, -0.15) is 0 Å². The smallest absolute Gasteiger partial charge is 0.0465 e. The van der Waals surface area contributed by atoms with Gasteiger partial charge < -0.3 is 4.90 Å². The Balaban J connectivity index is 1.24. The molecule has 6 aromatic rings. The van der Waals surface area contributed by atoms with Crippen LogP contribution in [0.5, 0.6) is 0 Å². The molecule has 1 heteroatoms. The summed E-state index contributed by atoms with van der Waals surface area (Å²) in [5, 5.41) is 0. The molecule has 0 aliphatic heterocycles. The fourth-order valence-corrected chi connectivity index (χ4v) is 8.43. The average Bonchev–Trinajstić information content (AvgIpc) is 3.38. The first-order valence-electron chi connectivity index (χ1n) is 20.8. The van der Waals surface area contributed by atoms with Crippen LogP contribution in [0.3, 0.4) is 0 Å². The van der Waals surface area contributed by atoms with Crippen LogP contribution < -0.4 is 4.90 Å². The summed E-state index contributed by atoms with van der Waals surface area (Å²) in [7, 11) is 0. The monoisotopic (exact) mass is 737 g/mol. The highest BCUT2D eigenvalue weighted by molar-refractivity contribution is 5.85. The Morgan fingerprint density at radius 3 is 1.41 bits per heavy atom. The third kappa shape index (κ3) is 8.29. The molecule has 1 aliphatic carbocycles. The third-order valence-corrected chi connectivity index (χ3v) is 12.1. The molecule has 7 rings (SSSR count). The third-order valence-electron chi connectivity index (χ3n) is 12.1. The Morgan fingerprint density at radius 1 is 0.375 bits per heavy atom. The van der Waals surface area contributed by atoms with E-state index in [1.54, 1.807) is 0 Å². The molecule has 0 saturated carbocycles. The number of anilines is 3. The molecule has 0 spiro atoms. The van der Waals surface area contributed by atoms with E-state index in [0.29, 0.717) is 0 Å². The van der Waals surface area contributed by atoms with Crippen molar-refractivity contribution in [3.63, 3.8) is 0 Å². The molecule has 0 bridgehead atoms. The second kappa shape index (κ2) is 14.9. The van der Waals surface area contributed by atoms with Gasteiger partial charge in [-0.25, -0.2) is 0 Å². The van der Waals surface area contributed by atoms with Gasteiger partial charge in [0, 0.05) is 22.5 Å². The van der Waals surface area contributed by atoms with Gasteiger partial charge in [-0.1, -0.05) is 173 Å². The van der Waals surface area contributed by atoms with E-state index in [9.17, 15) is 0 Å². The van der Waals surface area contributed by atoms with Crippen LogP contribution in [0.15, 0.2) is 133 Å². The maximum atomic E-state index is 2.49. The Hall–Kier alpha value is -4.88. The minimum absolute atomic E-state index is 0.0761. The van der Waals surface area contributed by atoms with E-state index in [0.717, 1.165) is 25.7 Å². The number of benzene rings is 6. The van der Waals surface area contributed by atoms with E-state index >= 15 is 0 Å². The van der Waals surface area contributed by atoms with E-state index in [1.165, 1.54) is 78.3 Å². The zero-order valence-electron chi connectivity index (χ0n) is 36.0. The van der Waals surface area contributed by atoms with Crippen LogP contribution >= 0.6 is 0 Å². The van der Waals surface area contributed by atoms with Crippen molar-refractivity contribution < 1.29 is 0 Å². The molecule has 0 fully saturated rings. The lowest BCUT2D eigenvalue weighted by Gasteiger charge is -2.29. The largest absolute Gasteiger partial charge is 0.310 e. The molecule has 0 N–H and O–H groups in total. The highest BCUT2D eigenvalue weighted by Crippen LogP contribution is 2.50. The summed E-state index contributed by atoms with van der Waals surface area (Å²) in [6, 6.07) is 51.1. The van der Waals surface area contributed by atoms with Gasteiger partial charge in [0.15, 0.2) is 0 Å². The summed E-state index contributed by atoms with van der Waals surface area (Å²) >= 11 is 0. The lowest BCUT2D eigenvalue weighted by atomic mass is 9.79. The van der Waals surface area contributed by atoms with Gasteiger partial charge in [0.25, 0.3) is 0 Å². The summed E-state index contributed by atoms with van der Waals surface area (Å²) < 4.78 is 0. The van der Waals surface area contributed by atoms with Crippen molar-refractivity contribution in [2.24, 2.45) is 0 Å². The van der Waals surface area contributed by atoms with Gasteiger partial charge in [0.05, 0.1) is 0 Å². The molecule has 288 valence electrons. The summed E-state index contributed by atoms with van der Waals surface area (Å²) in [5.41, 5.74) is 19.1. The fourth-order valence-electron chi connectivity index (χ4n) is 8.43. The van der Waals surface area contributed by atoms with Crippen LogP contribution in [0.1, 0.15) is 126 Å². The Kier molecular flexibility index (Phi) is 10.5. The SMILES string of the molecule is CC(C)(C)c1ccc(CCc2cccc(N(c3cccc(CCc4cc(C(C)(C)C)cc(C(C)(C)C)c4)c3)c3ccc4c(c3)C(C)(C)c3ccccc3-4)c2)cc1. The predicted octanol–water partition coefficient (Wildman–Crippen LogP) is 14.9. The van der Waals surface area contributed by atoms with E-state index in [-0.39, 0.29) is 21.7 Å². The Labute approximate surface area is 338 Å². The van der Waals surface area contributed by atoms with Gasteiger partial charge >= 0.3 is 0 Å². The first-order valence-corrected chi connectivity index (χ1v) is 20.8. The van der Waals surface area contributed by atoms with Crippen molar-refractivity contribution in [2.75, 3.05) is 4.90 Å². The molecular formula is C55H63N. The van der Waals surface area contributed by atoms with Crippen molar-refractivity contribution >= 4 is 17.1 Å². The number of hydrogen-bond donors (Lipinski definition) is 0. The number of fused-ring (bicyclic) bond motifs is 3. The van der Waals surface area contributed by atoms with E-state index < -0.39 is 0 Å². The standard InChI is InChI=1S/C55H63N/c1-52(2,3)42-28-26-38(27-29-42)22-23-39-16-14-18-45(34-39)56(47-30-31-49-48-20-12-13-21-50(48)55(10,11)51(49)37-47)46-19-15-17-40(35-46)24-25-41-32-43(53(4,5)6)36-44(33-41)54(7,8)9/h12-21,26-37H,22-25H2,1-11H3. The van der Waals surface area contributed by atoms with Crippen molar-refractivity contribution in [3.05, 3.63) is 184 Å². The highest BCUT2D eigenvalue weighted by atomic mass is 15.1. The number of rotatable bonds is 9. The molecule has 0 amide bonds. The van der Waals surface area contributed by atoms with Gasteiger partial charge in [0.2, 0.25) is 0 Å². The summed E-state index contributed by atoms with van der Waals surface area (Å²) in [6.07, 6.45) is 4.00. The molecule has 1 aliphatic rings. The van der Waals surface area contributed by atoms with Crippen LogP contribution in [-0.2, 0) is 47.3 Å². The molecule has 0 atom stereocenters. The van der Waals surface area contributed by atoms with Crippen molar-refractivity contribution in [1.29, 1.82) is 0 Å². The molecule has 0 unspecified atom stereocenters. The van der Waals surface area contributed by atoms with Gasteiger partial charge in [-0.3, -0.25) is 0 Å². The minimum atomic E-state index is -0.0761. The topological polar surface area (TPSA) is 3.24 Å². The fraction of sp³-hybridized carbons (Fsp3) is 0.345. The van der Waals surface area contributed by atoms with E-state index in [2.05, 4.69) is 215 Å². The summed E-state index contributed by atoms with van der Waals surface area (Å²) in [4.78, 5) is 2.49. The molecule has 0 saturated heterocycles. The van der Waals surface area contributed by atoms with Crippen LogP contribution in [0.4, 0.5) is 17.1 Å². The number of hydrogen-bond acceptors (Lipinski definition) is 1. The van der Waals surface area contributed by atoms with Gasteiger partial charge in [-0.05, 0) is 140 Å². The molecule has 56 heavy (non-hydrogen) atoms. The van der Waals surface area contributed by atoms with E-state index in [1.807, 2.05) is 0 Å². The Bertz CT molecular complexity index is 2300. The van der Waals surface area contributed by atoms with Crippen LogP contribution in [0, 0.1) is 0 Å². The lowest BCUT2D eigenvalue weighted by molar-refractivity contribution is 0.566. The van der Waals surface area contributed by atoms with Gasteiger partial charge in [0.1, 0.15) is 0 Å². The number of nitrogens with zero attached hydrogens (tertiary/aromatic N) is 1. The maximum absolute atomic E-state index is 2.49. The van der Waals surface area contributed by atoms with Crippen LogP contribution in [0.2, 0.25) is 0 Å². The number of aryl methyl sites for hydroxylation is 4. The van der Waals surface area contributed by atoms with Crippen molar-refractivity contribution in [1.82, 2.24) is 0 Å². The Morgan fingerprint density at radius 2 is 0.857 bits per heavy atom. The molecular weight excluding hydrogens is 675 g/mol. The van der Waals surface area contributed by atoms with Gasteiger partial charge in [-0.15, -0.1) is 0 Å². The zero-order valence-corrected chi connectivity index (χ0v) is 36.0. The van der Waals surface area contributed by atoms with Crippen molar-refractivity contribution in [2.45, 2.75) is 124 Å².